The molecule has 10 nitrogen and oxygen atoms in total. The smallest absolute Gasteiger partial charge is 0.411 e. The predicted octanol–water partition coefficient (Wildman–Crippen LogP) is 3.07. The molecule has 0 spiro atoms. The third-order valence-electron chi connectivity index (χ3n) is 4.52. The number of carbonyl (C=O) groups is 2. The molecule has 0 fully saturated rings. The van der Waals surface area contributed by atoms with Crippen LogP contribution in [0.15, 0.2) is 51.8 Å². The molecular formula is C21H18N4O6. The van der Waals surface area contributed by atoms with E-state index in [1.807, 2.05) is 0 Å². The van der Waals surface area contributed by atoms with E-state index < -0.39 is 17.7 Å². The van der Waals surface area contributed by atoms with Gasteiger partial charge in [-0.2, -0.15) is 0 Å². The second-order valence-electron chi connectivity index (χ2n) is 6.62. The van der Waals surface area contributed by atoms with Crippen molar-refractivity contribution in [2.75, 3.05) is 11.9 Å². The van der Waals surface area contributed by atoms with E-state index in [2.05, 4.69) is 15.5 Å². The summed E-state index contributed by atoms with van der Waals surface area (Å²) in [6.45, 7) is 3.56. The third kappa shape index (κ3) is 4.22. The molecule has 158 valence electrons. The molecule has 0 aliphatic heterocycles. The number of rotatable bonds is 5. The van der Waals surface area contributed by atoms with E-state index in [9.17, 15) is 14.4 Å². The topological polar surface area (TPSA) is 125 Å². The number of esters is 1. The number of aromatic nitrogens is 3. The maximum absolute atomic E-state index is 12.5. The molecule has 0 bridgehead atoms. The first-order valence-corrected chi connectivity index (χ1v) is 9.43. The normalized spacial score (nSPS) is 10.9. The number of fused-ring (bicyclic) bond motifs is 2. The maximum Gasteiger partial charge on any atom is 0.411 e. The minimum absolute atomic E-state index is 0.134. The van der Waals surface area contributed by atoms with Gasteiger partial charge in [-0.05, 0) is 38.1 Å². The number of nitrogens with zero attached hydrogens (tertiary/aromatic N) is 3. The van der Waals surface area contributed by atoms with Crippen molar-refractivity contribution in [3.63, 3.8) is 0 Å². The van der Waals surface area contributed by atoms with Gasteiger partial charge in [-0.25, -0.2) is 14.4 Å². The van der Waals surface area contributed by atoms with E-state index in [0.717, 1.165) is 0 Å². The van der Waals surface area contributed by atoms with Gasteiger partial charge in [0.1, 0.15) is 18.0 Å². The van der Waals surface area contributed by atoms with Gasteiger partial charge in [-0.3, -0.25) is 9.72 Å². The summed E-state index contributed by atoms with van der Waals surface area (Å²) in [5.41, 5.74) is 1.46. The van der Waals surface area contributed by atoms with Gasteiger partial charge in [-0.1, -0.05) is 0 Å². The van der Waals surface area contributed by atoms with Gasteiger partial charge in [0.2, 0.25) is 0 Å². The van der Waals surface area contributed by atoms with Crippen LogP contribution in [0.4, 0.5) is 10.5 Å². The molecular weight excluding hydrogens is 404 g/mol. The van der Waals surface area contributed by atoms with Crippen LogP contribution in [0, 0.1) is 6.92 Å². The van der Waals surface area contributed by atoms with Gasteiger partial charge in [0.05, 0.1) is 12.2 Å². The monoisotopic (exact) mass is 422 g/mol. The van der Waals surface area contributed by atoms with Crippen molar-refractivity contribution in [2.24, 2.45) is 0 Å². The number of carbonyl (C=O) groups excluding carboxylic acids is 2. The number of anilines is 1. The molecule has 3 aromatic heterocycles. The molecule has 0 aliphatic rings. The van der Waals surface area contributed by atoms with Gasteiger partial charge in [0.15, 0.2) is 5.65 Å². The van der Waals surface area contributed by atoms with Gasteiger partial charge < -0.3 is 13.9 Å². The Bertz CT molecular complexity index is 1360. The van der Waals surface area contributed by atoms with E-state index in [-0.39, 0.29) is 18.8 Å². The third-order valence-corrected chi connectivity index (χ3v) is 4.52. The molecule has 0 aliphatic carbocycles. The number of hydrogen-bond acceptors (Lipinski definition) is 8. The maximum atomic E-state index is 12.5. The molecule has 0 radical (unpaired) electrons. The fourth-order valence-electron chi connectivity index (χ4n) is 3.06. The van der Waals surface area contributed by atoms with Crippen LogP contribution in [0.1, 0.15) is 28.7 Å². The van der Waals surface area contributed by atoms with Crippen molar-refractivity contribution < 1.29 is 23.5 Å². The summed E-state index contributed by atoms with van der Waals surface area (Å²) in [4.78, 5) is 36.1. The number of amides is 1. The summed E-state index contributed by atoms with van der Waals surface area (Å²) < 4.78 is 17.1. The fourth-order valence-corrected chi connectivity index (χ4v) is 3.06. The van der Waals surface area contributed by atoms with E-state index in [0.29, 0.717) is 33.7 Å². The molecule has 0 atom stereocenters. The molecule has 31 heavy (non-hydrogen) atoms. The summed E-state index contributed by atoms with van der Waals surface area (Å²) in [5, 5.41) is 11.0. The molecule has 1 aromatic carbocycles. The molecule has 10 heteroatoms. The molecule has 0 saturated carbocycles. The number of hydrogen-bond donors (Lipinski definition) is 1. The van der Waals surface area contributed by atoms with Crippen LogP contribution in [-0.2, 0) is 16.1 Å². The van der Waals surface area contributed by atoms with E-state index in [1.54, 1.807) is 48.7 Å². The zero-order chi connectivity index (χ0) is 22.0. The highest BCUT2D eigenvalue weighted by atomic mass is 16.5. The first kappa shape index (κ1) is 20.1. The molecule has 0 saturated heterocycles. The van der Waals surface area contributed by atoms with Gasteiger partial charge in [0.25, 0.3) is 0 Å². The van der Waals surface area contributed by atoms with Crippen molar-refractivity contribution in [3.05, 3.63) is 70.0 Å². The first-order valence-electron chi connectivity index (χ1n) is 9.43. The van der Waals surface area contributed by atoms with E-state index in [1.165, 1.54) is 12.1 Å². The minimum Gasteiger partial charge on any atom is -0.457 e. The number of pyridine rings is 1. The number of ether oxygens (including phenoxy) is 2. The second kappa shape index (κ2) is 8.27. The SMILES string of the molecule is CCOC(=O)Nc1ccc2c(COC(=O)c3ccc4nnc(C)n4c3)cc(=O)oc2c1. The van der Waals surface area contributed by atoms with Crippen LogP contribution in [0.25, 0.3) is 16.6 Å². The first-order chi connectivity index (χ1) is 14.9. The number of aryl methyl sites for hydroxylation is 1. The molecule has 0 unspecified atom stereocenters. The summed E-state index contributed by atoms with van der Waals surface area (Å²) in [6.07, 6.45) is 0.979. The highest BCUT2D eigenvalue weighted by Crippen LogP contribution is 2.22. The average Bonchev–Trinajstić information content (AvgIpc) is 3.11. The second-order valence-corrected chi connectivity index (χ2v) is 6.62. The Morgan fingerprint density at radius 2 is 1.97 bits per heavy atom. The summed E-state index contributed by atoms with van der Waals surface area (Å²) in [5.74, 6) is 0.0838. The highest BCUT2D eigenvalue weighted by molar-refractivity contribution is 5.91. The largest absolute Gasteiger partial charge is 0.457 e. The predicted molar refractivity (Wildman–Crippen MR) is 110 cm³/mol. The Morgan fingerprint density at radius 3 is 2.77 bits per heavy atom. The van der Waals surface area contributed by atoms with Crippen molar-refractivity contribution in [3.8, 4) is 0 Å². The highest BCUT2D eigenvalue weighted by Gasteiger charge is 2.13. The van der Waals surface area contributed by atoms with Crippen LogP contribution < -0.4 is 10.9 Å². The fraction of sp³-hybridized carbons (Fsp3) is 0.190. The Hall–Kier alpha value is -4.21. The van der Waals surface area contributed by atoms with Gasteiger partial charge >= 0.3 is 17.7 Å². The summed E-state index contributed by atoms with van der Waals surface area (Å²) in [7, 11) is 0. The molecule has 1 N–H and O–H groups in total. The summed E-state index contributed by atoms with van der Waals surface area (Å²) in [6, 6.07) is 9.32. The standard InChI is InChI=1S/C21H18N4O6/c1-3-29-21(28)22-15-5-6-16-14(8-19(26)31-17(16)9-15)11-30-20(27)13-4-7-18-24-23-12(2)25(18)10-13/h4-10H,3,11H2,1-2H3,(H,22,28). The number of nitrogens with one attached hydrogen (secondary N) is 1. The number of benzene rings is 1. The van der Waals surface area contributed by atoms with Crippen molar-refractivity contribution in [2.45, 2.75) is 20.5 Å². The van der Waals surface area contributed by atoms with Gasteiger partial charge in [0, 0.05) is 35.0 Å². The van der Waals surface area contributed by atoms with Gasteiger partial charge in [-0.15, -0.1) is 10.2 Å². The molecule has 4 aromatic rings. The van der Waals surface area contributed by atoms with E-state index >= 15 is 0 Å². The molecule has 4 rings (SSSR count). The van der Waals surface area contributed by atoms with Crippen molar-refractivity contribution in [1.82, 2.24) is 14.6 Å². The Labute approximate surface area is 175 Å². The Balaban J connectivity index is 1.55. The van der Waals surface area contributed by atoms with Crippen molar-refractivity contribution in [1.29, 1.82) is 0 Å². The Morgan fingerprint density at radius 1 is 1.13 bits per heavy atom. The zero-order valence-electron chi connectivity index (χ0n) is 16.7. The van der Waals surface area contributed by atoms with E-state index in [4.69, 9.17) is 13.9 Å². The van der Waals surface area contributed by atoms with Crippen LogP contribution in [0.5, 0.6) is 0 Å². The van der Waals surface area contributed by atoms with Crippen LogP contribution >= 0.6 is 0 Å². The lowest BCUT2D eigenvalue weighted by molar-refractivity contribution is 0.0473. The van der Waals surface area contributed by atoms with Crippen LogP contribution in [-0.4, -0.2) is 33.3 Å². The van der Waals surface area contributed by atoms with Crippen LogP contribution in [0.3, 0.4) is 0 Å². The lowest BCUT2D eigenvalue weighted by Crippen LogP contribution is -2.13. The van der Waals surface area contributed by atoms with Crippen molar-refractivity contribution >= 4 is 34.4 Å². The minimum atomic E-state index is -0.616. The lowest BCUT2D eigenvalue weighted by Gasteiger charge is -2.09. The van der Waals surface area contributed by atoms with Crippen LogP contribution in [0.2, 0.25) is 0 Å². The Kier molecular flexibility index (Phi) is 5.35. The average molecular weight is 422 g/mol. The lowest BCUT2D eigenvalue weighted by atomic mass is 10.1. The summed E-state index contributed by atoms with van der Waals surface area (Å²) >= 11 is 0. The molecule has 3 heterocycles. The molecule has 1 amide bonds. The zero-order valence-corrected chi connectivity index (χ0v) is 16.7. The quantitative estimate of drug-likeness (QED) is 0.384.